The molecular formula is C14H24N2O3. The Labute approximate surface area is 115 Å². The van der Waals surface area contributed by atoms with Crippen molar-refractivity contribution < 1.29 is 14.6 Å². The van der Waals surface area contributed by atoms with Crippen LogP contribution in [-0.4, -0.2) is 50.9 Å². The summed E-state index contributed by atoms with van der Waals surface area (Å²) in [4.78, 5) is 2.13. The van der Waals surface area contributed by atoms with Crippen molar-refractivity contribution in [1.29, 1.82) is 0 Å². The first-order valence-electron chi connectivity index (χ1n) is 6.30. The summed E-state index contributed by atoms with van der Waals surface area (Å²) in [5, 5.41) is 13.3. The van der Waals surface area contributed by atoms with Crippen LogP contribution in [0, 0.1) is 0 Å². The maximum atomic E-state index is 9.83. The van der Waals surface area contributed by atoms with Gasteiger partial charge in [0.2, 0.25) is 5.75 Å². The summed E-state index contributed by atoms with van der Waals surface area (Å²) in [6.45, 7) is 3.79. The van der Waals surface area contributed by atoms with Crippen molar-refractivity contribution in [2.24, 2.45) is 0 Å². The predicted molar refractivity (Wildman–Crippen MR) is 76.1 cm³/mol. The third kappa shape index (κ3) is 4.61. The quantitative estimate of drug-likeness (QED) is 0.784. The molecule has 0 radical (unpaired) electrons. The average Bonchev–Trinajstić information content (AvgIpc) is 2.36. The molecule has 1 aromatic rings. The molecule has 5 heteroatoms. The van der Waals surface area contributed by atoms with Crippen LogP contribution < -0.4 is 14.8 Å². The number of nitrogens with one attached hydrogen (secondary N) is 1. The number of benzene rings is 1. The molecule has 2 N–H and O–H groups in total. The van der Waals surface area contributed by atoms with E-state index < -0.39 is 0 Å². The number of hydrogen-bond donors (Lipinski definition) is 2. The minimum absolute atomic E-state index is 0.0371. The predicted octanol–water partition coefficient (Wildman–Crippen LogP) is 1.45. The summed E-state index contributed by atoms with van der Waals surface area (Å²) < 4.78 is 10.3. The molecule has 1 rings (SSSR count). The number of phenolic OH excluding ortho intramolecular Hbond substituents is 1. The van der Waals surface area contributed by atoms with E-state index >= 15 is 0 Å². The lowest BCUT2D eigenvalue weighted by Gasteiger charge is -2.19. The Morgan fingerprint density at radius 3 is 2.16 bits per heavy atom. The Morgan fingerprint density at radius 1 is 1.21 bits per heavy atom. The molecule has 0 saturated carbocycles. The lowest BCUT2D eigenvalue weighted by Crippen LogP contribution is -2.35. The van der Waals surface area contributed by atoms with Gasteiger partial charge in [-0.2, -0.15) is 0 Å². The number of hydrogen-bond acceptors (Lipinski definition) is 5. The fourth-order valence-electron chi connectivity index (χ4n) is 1.95. The number of aromatic hydroxyl groups is 1. The molecule has 1 aromatic carbocycles. The Morgan fingerprint density at radius 2 is 1.74 bits per heavy atom. The second-order valence-electron chi connectivity index (χ2n) is 4.89. The zero-order valence-electron chi connectivity index (χ0n) is 12.4. The first kappa shape index (κ1) is 15.6. The zero-order valence-corrected chi connectivity index (χ0v) is 12.4. The fourth-order valence-corrected chi connectivity index (χ4v) is 1.95. The molecule has 1 unspecified atom stereocenters. The monoisotopic (exact) mass is 268 g/mol. The summed E-state index contributed by atoms with van der Waals surface area (Å²) in [5.74, 6) is 0.892. The number of likely N-dealkylation sites (N-methyl/N-ethyl adjacent to an activating group) is 1. The van der Waals surface area contributed by atoms with Gasteiger partial charge in [0.25, 0.3) is 0 Å². The molecular weight excluding hydrogens is 244 g/mol. The molecule has 0 heterocycles. The third-order valence-electron chi connectivity index (χ3n) is 2.83. The van der Waals surface area contributed by atoms with E-state index in [1.165, 1.54) is 14.2 Å². The van der Waals surface area contributed by atoms with Crippen molar-refractivity contribution in [3.05, 3.63) is 17.7 Å². The van der Waals surface area contributed by atoms with E-state index in [9.17, 15) is 5.11 Å². The van der Waals surface area contributed by atoms with Crippen molar-refractivity contribution in [2.75, 3.05) is 34.9 Å². The van der Waals surface area contributed by atoms with E-state index in [0.717, 1.165) is 12.1 Å². The van der Waals surface area contributed by atoms with Crippen LogP contribution in [0.2, 0.25) is 0 Å². The van der Waals surface area contributed by atoms with Gasteiger partial charge < -0.3 is 24.8 Å². The normalized spacial score (nSPS) is 12.5. The average molecular weight is 268 g/mol. The number of phenols is 1. The summed E-state index contributed by atoms with van der Waals surface area (Å²) in [6, 6.07) is 4.00. The summed E-state index contributed by atoms with van der Waals surface area (Å²) in [7, 11) is 7.15. The van der Waals surface area contributed by atoms with Crippen LogP contribution in [0.3, 0.4) is 0 Å². The van der Waals surface area contributed by atoms with Crippen LogP contribution in [0.25, 0.3) is 0 Å². The Kier molecular flexibility index (Phi) is 5.92. The maximum Gasteiger partial charge on any atom is 0.200 e. The third-order valence-corrected chi connectivity index (χ3v) is 2.83. The van der Waals surface area contributed by atoms with E-state index in [-0.39, 0.29) is 5.75 Å². The Balaban J connectivity index is 2.73. The van der Waals surface area contributed by atoms with Crippen LogP contribution in [0.1, 0.15) is 12.5 Å². The van der Waals surface area contributed by atoms with Crippen LogP contribution in [-0.2, 0) is 6.54 Å². The second-order valence-corrected chi connectivity index (χ2v) is 4.89. The topological polar surface area (TPSA) is 54.0 Å². The summed E-state index contributed by atoms with van der Waals surface area (Å²) in [5.41, 5.74) is 1.01. The lowest BCUT2D eigenvalue weighted by atomic mass is 10.1. The molecule has 0 bridgehead atoms. The van der Waals surface area contributed by atoms with Gasteiger partial charge in [-0.05, 0) is 38.7 Å². The molecule has 0 aliphatic carbocycles. The highest BCUT2D eigenvalue weighted by atomic mass is 16.5. The van der Waals surface area contributed by atoms with Gasteiger partial charge in [-0.3, -0.25) is 0 Å². The smallest absolute Gasteiger partial charge is 0.200 e. The van der Waals surface area contributed by atoms with Crippen molar-refractivity contribution >= 4 is 0 Å². The van der Waals surface area contributed by atoms with Crippen molar-refractivity contribution in [3.8, 4) is 17.2 Å². The van der Waals surface area contributed by atoms with Crippen LogP contribution in [0.4, 0.5) is 0 Å². The summed E-state index contributed by atoms with van der Waals surface area (Å²) in [6.07, 6.45) is 0. The largest absolute Gasteiger partial charge is 0.502 e. The second kappa shape index (κ2) is 7.21. The van der Waals surface area contributed by atoms with Gasteiger partial charge in [0, 0.05) is 19.1 Å². The summed E-state index contributed by atoms with van der Waals surface area (Å²) >= 11 is 0. The number of methoxy groups -OCH3 is 2. The van der Waals surface area contributed by atoms with Crippen molar-refractivity contribution in [2.45, 2.75) is 19.5 Å². The highest BCUT2D eigenvalue weighted by Crippen LogP contribution is 2.36. The highest BCUT2D eigenvalue weighted by molar-refractivity contribution is 5.52. The van der Waals surface area contributed by atoms with Gasteiger partial charge in [0.15, 0.2) is 11.5 Å². The molecule has 19 heavy (non-hydrogen) atoms. The molecule has 0 aliphatic heterocycles. The first-order valence-corrected chi connectivity index (χ1v) is 6.30. The molecule has 0 saturated heterocycles. The molecule has 0 spiro atoms. The molecule has 0 amide bonds. The van der Waals surface area contributed by atoms with Gasteiger partial charge in [-0.25, -0.2) is 0 Å². The molecule has 108 valence electrons. The van der Waals surface area contributed by atoms with E-state index in [4.69, 9.17) is 9.47 Å². The van der Waals surface area contributed by atoms with Crippen molar-refractivity contribution in [1.82, 2.24) is 10.2 Å². The highest BCUT2D eigenvalue weighted by Gasteiger charge is 2.11. The Hall–Kier alpha value is -1.46. The molecule has 0 aliphatic rings. The fraction of sp³-hybridized carbons (Fsp3) is 0.571. The lowest BCUT2D eigenvalue weighted by molar-refractivity contribution is 0.336. The van der Waals surface area contributed by atoms with E-state index in [0.29, 0.717) is 24.1 Å². The van der Waals surface area contributed by atoms with Gasteiger partial charge in [-0.1, -0.05) is 0 Å². The van der Waals surface area contributed by atoms with Gasteiger partial charge in [0.1, 0.15) is 0 Å². The molecule has 1 atom stereocenters. The maximum absolute atomic E-state index is 9.83. The van der Waals surface area contributed by atoms with Crippen molar-refractivity contribution in [3.63, 3.8) is 0 Å². The molecule has 0 aromatic heterocycles. The minimum Gasteiger partial charge on any atom is -0.502 e. The van der Waals surface area contributed by atoms with Crippen LogP contribution in [0.5, 0.6) is 17.2 Å². The van der Waals surface area contributed by atoms with Gasteiger partial charge in [0.05, 0.1) is 14.2 Å². The first-order chi connectivity index (χ1) is 8.97. The van der Waals surface area contributed by atoms with Crippen LogP contribution in [0.15, 0.2) is 12.1 Å². The van der Waals surface area contributed by atoms with E-state index in [1.807, 2.05) is 26.2 Å². The minimum atomic E-state index is 0.0371. The SMILES string of the molecule is COc1cc(CNC(C)CN(C)C)cc(OC)c1O. The number of nitrogens with zero attached hydrogens (tertiary/aromatic N) is 1. The van der Waals surface area contributed by atoms with Crippen LogP contribution >= 0.6 is 0 Å². The number of rotatable bonds is 7. The zero-order chi connectivity index (χ0) is 14.4. The van der Waals surface area contributed by atoms with E-state index in [2.05, 4.69) is 17.1 Å². The molecule has 0 fully saturated rings. The molecule has 5 nitrogen and oxygen atoms in total. The Bertz CT molecular complexity index is 383. The standard InChI is InChI=1S/C14H24N2O3/c1-10(9-16(2)3)15-8-11-6-12(18-4)14(17)13(7-11)19-5/h6-7,10,15,17H,8-9H2,1-5H3. The van der Waals surface area contributed by atoms with Gasteiger partial charge >= 0.3 is 0 Å². The number of ether oxygens (including phenoxy) is 2. The van der Waals surface area contributed by atoms with E-state index in [1.54, 1.807) is 0 Å². The van der Waals surface area contributed by atoms with Gasteiger partial charge in [-0.15, -0.1) is 0 Å².